The van der Waals surface area contributed by atoms with Crippen molar-refractivity contribution in [1.29, 1.82) is 0 Å². The molecule has 1 aliphatic heterocycles. The molecular formula is C82H160BIO14Si6. The maximum absolute atomic E-state index is 16.5. The van der Waals surface area contributed by atoms with Crippen molar-refractivity contribution in [3.8, 4) is 0 Å². The number of carbonyl (C=O) groups excluding carboxylic acids is 3. The summed E-state index contributed by atoms with van der Waals surface area (Å²) in [5, 5.41) is -0.0438. The number of esters is 1. The van der Waals surface area contributed by atoms with Gasteiger partial charge < -0.3 is 50.1 Å². The van der Waals surface area contributed by atoms with Crippen molar-refractivity contribution in [3.63, 3.8) is 0 Å². The highest BCUT2D eigenvalue weighted by Gasteiger charge is 2.53. The third kappa shape index (κ3) is 28.7. The lowest BCUT2D eigenvalue weighted by Gasteiger charge is -2.45. The molecule has 104 heavy (non-hydrogen) atoms. The first-order chi connectivity index (χ1) is 48.4. The monoisotopic (exact) mass is 1670 g/mol. The molecular weight excluding hydrogens is 1520 g/mol. The highest BCUT2D eigenvalue weighted by molar-refractivity contribution is 14.1. The van der Waals surface area contributed by atoms with E-state index >= 15 is 9.59 Å². The van der Waals surface area contributed by atoms with Crippen molar-refractivity contribution in [2.45, 2.75) is 402 Å². The molecule has 0 aromatic carbocycles. The molecule has 0 bridgehead atoms. The standard InChI is InChI=1S/C82H160BIO14Si6/c1-35-100(36-2,37-3)92-70(63(18)56-65(20)83-97-81(27,28)82(29,30)98-83)54-53-61(16)51-50-52-71(93-101(38-4,39-5)40-6)73(89-32)58-74(90-79(87)64(19)55-62(17)59-84)78(96-104(47-13,48-14)49-15)76(86)67(22)75(85)68(23)77(95-103(44-10,45-11)46-12)66(21)72(94-102(41-7,42-8)43-9)57-69(60-88-31)91-99(33,34)80(24,25)26/h51,53-56,59,63,66-74,77-78H,35-50,52,57-58,60H2,1-34H3/b54-53+,61-51+,62-59+,64-55+,65-56+/t63-,66+,67-,68+,69-,70-,71+,72-,73+,74+,77+,78-/m1/s1. The fourth-order valence-corrected chi connectivity index (χ4v) is 30.8. The van der Waals surface area contributed by atoms with E-state index in [0.29, 0.717) is 31.4 Å². The van der Waals surface area contributed by atoms with Crippen LogP contribution >= 0.6 is 22.6 Å². The van der Waals surface area contributed by atoms with Crippen LogP contribution in [0.3, 0.4) is 0 Å². The molecule has 1 rings (SSSR count). The molecule has 1 saturated heterocycles. The molecule has 0 aromatic heterocycles. The van der Waals surface area contributed by atoms with Crippen molar-refractivity contribution in [1.82, 2.24) is 0 Å². The van der Waals surface area contributed by atoms with Gasteiger partial charge in [-0.05, 0) is 212 Å². The minimum Gasteiger partial charge on any atom is -0.456 e. The number of ether oxygens (including phenoxy) is 3. The van der Waals surface area contributed by atoms with E-state index in [-0.39, 0.29) is 47.4 Å². The number of hydrogen-bond acceptors (Lipinski definition) is 14. The van der Waals surface area contributed by atoms with Gasteiger partial charge in [-0.3, -0.25) is 9.59 Å². The van der Waals surface area contributed by atoms with Crippen LogP contribution in [0.15, 0.2) is 56.7 Å². The first-order valence-electron chi connectivity index (χ1n) is 41.1. The fourth-order valence-electron chi connectivity index (χ4n) is 14.8. The summed E-state index contributed by atoms with van der Waals surface area (Å²) in [4.78, 5) is 47.7. The Morgan fingerprint density at radius 3 is 1.40 bits per heavy atom. The zero-order valence-corrected chi connectivity index (χ0v) is 81.4. The topological polar surface area (TPSA) is 153 Å². The highest BCUT2D eigenvalue weighted by Crippen LogP contribution is 2.43. The summed E-state index contributed by atoms with van der Waals surface area (Å²) in [5.74, 6) is -3.35. The second kappa shape index (κ2) is 46.4. The van der Waals surface area contributed by atoms with E-state index in [1.807, 2.05) is 24.0 Å². The van der Waals surface area contributed by atoms with Gasteiger partial charge in [0.05, 0.1) is 60.4 Å². The van der Waals surface area contributed by atoms with Gasteiger partial charge in [0.25, 0.3) is 0 Å². The lowest BCUT2D eigenvalue weighted by Crippen LogP contribution is -2.55. The number of ketones is 2. The summed E-state index contributed by atoms with van der Waals surface area (Å²) in [6, 6.07) is 13.4. The van der Waals surface area contributed by atoms with Crippen molar-refractivity contribution < 1.29 is 64.5 Å². The largest absolute Gasteiger partial charge is 0.489 e. The van der Waals surface area contributed by atoms with E-state index in [4.69, 9.17) is 50.1 Å². The second-order valence-electron chi connectivity index (χ2n) is 33.5. The number of hydrogen-bond donors (Lipinski definition) is 0. The minimum absolute atomic E-state index is 0.0379. The number of carbonyl (C=O) groups is 3. The quantitative estimate of drug-likeness (QED) is 0.0142. The summed E-state index contributed by atoms with van der Waals surface area (Å²) in [5.41, 5.74) is 2.52. The van der Waals surface area contributed by atoms with Crippen LogP contribution in [0.2, 0.25) is 109 Å². The molecule has 1 fully saturated rings. The van der Waals surface area contributed by atoms with Gasteiger partial charge >= 0.3 is 13.1 Å². The third-order valence-corrected chi connectivity index (χ3v) is 54.5. The van der Waals surface area contributed by atoms with Crippen LogP contribution in [0.25, 0.3) is 0 Å². The van der Waals surface area contributed by atoms with Gasteiger partial charge in [0.15, 0.2) is 55.7 Å². The predicted molar refractivity (Wildman–Crippen MR) is 464 cm³/mol. The molecule has 0 N–H and O–H groups in total. The number of Topliss-reactive ketones (excluding diaryl/α,β-unsaturated/α-hetero) is 2. The molecule has 0 spiro atoms. The summed E-state index contributed by atoms with van der Waals surface area (Å²) >= 11 is 2.18. The van der Waals surface area contributed by atoms with Crippen LogP contribution < -0.4 is 0 Å². The Bertz CT molecular complexity index is 2640. The van der Waals surface area contributed by atoms with Crippen molar-refractivity contribution in [3.05, 3.63) is 56.7 Å². The maximum Gasteiger partial charge on any atom is 0.489 e. The van der Waals surface area contributed by atoms with Crippen molar-refractivity contribution in [2.75, 3.05) is 20.8 Å². The van der Waals surface area contributed by atoms with Gasteiger partial charge in [-0.25, -0.2) is 4.79 Å². The number of allylic oxidation sites excluding steroid dienone is 6. The van der Waals surface area contributed by atoms with Crippen LogP contribution in [-0.2, 0) is 64.5 Å². The first-order valence-corrected chi connectivity index (χ1v) is 57.9. The summed E-state index contributed by atoms with van der Waals surface area (Å²) in [6.45, 7) is 69.8. The van der Waals surface area contributed by atoms with Crippen LogP contribution in [-0.4, -0.2) is 155 Å². The summed E-state index contributed by atoms with van der Waals surface area (Å²) in [6.07, 6.45) is 7.82. The highest BCUT2D eigenvalue weighted by atomic mass is 127. The molecule has 0 aliphatic carbocycles. The lowest BCUT2D eigenvalue weighted by atomic mass is 9.77. The molecule has 1 heterocycles. The average Bonchev–Trinajstić information content (AvgIpc) is 1.29. The minimum atomic E-state index is -2.76. The van der Waals surface area contributed by atoms with Gasteiger partial charge in [-0.15, -0.1) is 0 Å². The Hall–Kier alpha value is -0.794. The van der Waals surface area contributed by atoms with Gasteiger partial charge in [0, 0.05) is 44.0 Å². The normalized spacial score (nSPS) is 19.3. The number of halogens is 1. The summed E-state index contributed by atoms with van der Waals surface area (Å²) in [7, 11) is -11.3. The molecule has 0 amide bonds. The third-order valence-electron chi connectivity index (χ3n) is 25.8. The molecule has 0 radical (unpaired) electrons. The first kappa shape index (κ1) is 101. The Balaban J connectivity index is 4.53. The van der Waals surface area contributed by atoms with Gasteiger partial charge in [-0.2, -0.15) is 0 Å². The Morgan fingerprint density at radius 1 is 0.548 bits per heavy atom. The smallest absolute Gasteiger partial charge is 0.456 e. The molecule has 22 heteroatoms. The van der Waals surface area contributed by atoms with Gasteiger partial charge in [0.1, 0.15) is 18.0 Å². The van der Waals surface area contributed by atoms with Crippen LogP contribution in [0.1, 0.15) is 233 Å². The van der Waals surface area contributed by atoms with Crippen molar-refractivity contribution in [2.24, 2.45) is 23.7 Å². The van der Waals surface area contributed by atoms with Gasteiger partial charge in [-0.1, -0.05) is 198 Å². The van der Waals surface area contributed by atoms with E-state index in [0.717, 1.165) is 107 Å². The second-order valence-corrected chi connectivity index (χ2v) is 62.5. The number of rotatable bonds is 54. The average molecular weight is 1680 g/mol. The van der Waals surface area contributed by atoms with E-state index in [1.54, 1.807) is 28.1 Å². The SMILES string of the molecule is CC[Si](CC)(CC)O[C@@H]([C@@H](C)[C@@H](C[C@H](COC)O[Si](C)(C)C(C)(C)C)O[Si](CC)(CC)CC)[C@@H](C)C(=O)[C@@H](C)C(=O)[C@H](O[Si](CC)(CC)CC)[C@H](C[C@H](OC)[C@H](CC/C=C(C)/C=C/[C@@H](O[Si](CC)(CC)CC)[C@H](C)/C=C(\C)B1OC(C)(C)C(C)(C)O1)O[Si](CC)(CC)CC)OC(=O)/C(C)=C/C(C)=C/I. The van der Waals surface area contributed by atoms with Crippen LogP contribution in [0, 0.1) is 23.7 Å². The van der Waals surface area contributed by atoms with Crippen molar-refractivity contribution >= 4 is 97.1 Å². The predicted octanol–water partition coefficient (Wildman–Crippen LogP) is 23.5. The van der Waals surface area contributed by atoms with Crippen LogP contribution in [0.4, 0.5) is 0 Å². The van der Waals surface area contributed by atoms with Crippen LogP contribution in [0.5, 0.6) is 0 Å². The lowest BCUT2D eigenvalue weighted by molar-refractivity contribution is -0.159. The van der Waals surface area contributed by atoms with E-state index in [9.17, 15) is 4.79 Å². The zero-order chi connectivity index (χ0) is 80.2. The Kier molecular flexibility index (Phi) is 45.2. The van der Waals surface area contributed by atoms with E-state index in [1.165, 1.54) is 0 Å². The summed E-state index contributed by atoms with van der Waals surface area (Å²) < 4.78 is 79.7. The molecule has 606 valence electrons. The molecule has 14 nitrogen and oxygen atoms in total. The molecule has 0 unspecified atom stereocenters. The fraction of sp³-hybridized carbons (Fsp3) is 0.841. The zero-order valence-electron chi connectivity index (χ0n) is 73.2. The molecule has 0 aromatic rings. The molecule has 1 aliphatic rings. The van der Waals surface area contributed by atoms with E-state index < -0.39 is 122 Å². The van der Waals surface area contributed by atoms with Gasteiger partial charge in [0.2, 0.25) is 0 Å². The Morgan fingerprint density at radius 2 is 0.981 bits per heavy atom. The number of methoxy groups -OCH3 is 2. The Labute approximate surface area is 660 Å². The van der Waals surface area contributed by atoms with E-state index in [2.05, 4.69) is 240 Å². The maximum atomic E-state index is 16.5. The molecule has 0 saturated carbocycles. The molecule has 12 atom stereocenters.